The molecule has 0 unspecified atom stereocenters. The van der Waals surface area contributed by atoms with Gasteiger partial charge in [0.05, 0.1) is 18.8 Å². The van der Waals surface area contributed by atoms with Crippen molar-refractivity contribution in [2.45, 2.75) is 6.92 Å². The van der Waals surface area contributed by atoms with Gasteiger partial charge in [0.1, 0.15) is 5.75 Å². The summed E-state index contributed by atoms with van der Waals surface area (Å²) >= 11 is 0. The van der Waals surface area contributed by atoms with Crippen molar-refractivity contribution in [2.24, 2.45) is 0 Å². The summed E-state index contributed by atoms with van der Waals surface area (Å²) in [7, 11) is 1.60. The van der Waals surface area contributed by atoms with Gasteiger partial charge in [0.25, 0.3) is 0 Å². The molecule has 0 aliphatic carbocycles. The number of hydrogen-bond donors (Lipinski definition) is 2. The first-order chi connectivity index (χ1) is 9.11. The molecule has 0 fully saturated rings. The fourth-order valence-corrected chi connectivity index (χ4v) is 2.38. The van der Waals surface area contributed by atoms with Crippen molar-refractivity contribution in [3.05, 3.63) is 35.7 Å². The van der Waals surface area contributed by atoms with Crippen molar-refractivity contribution in [3.63, 3.8) is 0 Å². The fourth-order valence-electron chi connectivity index (χ4n) is 2.38. The second-order valence-corrected chi connectivity index (χ2v) is 4.36. The van der Waals surface area contributed by atoms with Gasteiger partial charge in [0.15, 0.2) is 5.69 Å². The molecule has 0 amide bonds. The van der Waals surface area contributed by atoms with Gasteiger partial charge >= 0.3 is 5.97 Å². The summed E-state index contributed by atoms with van der Waals surface area (Å²) in [4.78, 5) is 18.4. The number of pyridine rings is 1. The maximum Gasteiger partial charge on any atom is 0.354 e. The van der Waals surface area contributed by atoms with Crippen LogP contribution >= 0.6 is 0 Å². The summed E-state index contributed by atoms with van der Waals surface area (Å²) in [6.07, 6.45) is 1.55. The van der Waals surface area contributed by atoms with E-state index in [9.17, 15) is 4.79 Å². The number of carboxylic acid groups (broad SMARTS) is 1. The molecule has 0 aliphatic heterocycles. The van der Waals surface area contributed by atoms with E-state index in [4.69, 9.17) is 9.84 Å². The van der Waals surface area contributed by atoms with Gasteiger partial charge in [-0.1, -0.05) is 0 Å². The Labute approximate surface area is 108 Å². The third-order valence-corrected chi connectivity index (χ3v) is 3.29. The number of fused-ring (bicyclic) bond motifs is 3. The summed E-state index contributed by atoms with van der Waals surface area (Å²) in [5, 5.41) is 11.0. The van der Waals surface area contributed by atoms with Crippen molar-refractivity contribution in [1.82, 2.24) is 9.97 Å². The molecule has 1 aromatic carbocycles. The predicted octanol–water partition coefficient (Wildman–Crippen LogP) is 2.73. The topological polar surface area (TPSA) is 75.2 Å². The molecule has 2 heterocycles. The van der Waals surface area contributed by atoms with Crippen LogP contribution in [0.5, 0.6) is 5.75 Å². The minimum Gasteiger partial charge on any atom is -0.497 e. The Morgan fingerprint density at radius 2 is 2.16 bits per heavy atom. The number of aromatic nitrogens is 2. The molecule has 0 radical (unpaired) electrons. The number of hydrogen-bond acceptors (Lipinski definition) is 3. The molecule has 3 rings (SSSR count). The van der Waals surface area contributed by atoms with Crippen molar-refractivity contribution in [3.8, 4) is 5.75 Å². The lowest BCUT2D eigenvalue weighted by atomic mass is 10.1. The average molecular weight is 256 g/mol. The van der Waals surface area contributed by atoms with Crippen LogP contribution in [0.4, 0.5) is 0 Å². The van der Waals surface area contributed by atoms with E-state index >= 15 is 0 Å². The number of aromatic amines is 1. The van der Waals surface area contributed by atoms with E-state index in [2.05, 4.69) is 9.97 Å². The number of benzene rings is 1. The summed E-state index contributed by atoms with van der Waals surface area (Å²) < 4.78 is 5.21. The maximum absolute atomic E-state index is 11.1. The highest BCUT2D eigenvalue weighted by Crippen LogP contribution is 2.31. The molecule has 3 aromatic rings. The molecule has 0 saturated heterocycles. The van der Waals surface area contributed by atoms with E-state index in [0.717, 1.165) is 27.6 Å². The molecule has 0 atom stereocenters. The molecule has 19 heavy (non-hydrogen) atoms. The highest BCUT2D eigenvalue weighted by atomic mass is 16.5. The van der Waals surface area contributed by atoms with Gasteiger partial charge in [-0.05, 0) is 30.7 Å². The molecule has 5 heteroatoms. The smallest absolute Gasteiger partial charge is 0.354 e. The lowest BCUT2D eigenvalue weighted by Crippen LogP contribution is -2.03. The molecule has 2 N–H and O–H groups in total. The van der Waals surface area contributed by atoms with Crippen LogP contribution in [0.3, 0.4) is 0 Å². The number of rotatable bonds is 2. The Hall–Kier alpha value is -2.56. The van der Waals surface area contributed by atoms with Gasteiger partial charge in [-0.15, -0.1) is 0 Å². The normalized spacial score (nSPS) is 11.1. The molecule has 96 valence electrons. The van der Waals surface area contributed by atoms with Gasteiger partial charge in [-0.2, -0.15) is 0 Å². The van der Waals surface area contributed by atoms with Crippen LogP contribution in [0, 0.1) is 6.92 Å². The number of carboxylic acids is 1. The molecular formula is C14H12N2O3. The van der Waals surface area contributed by atoms with E-state index in [1.54, 1.807) is 20.2 Å². The van der Waals surface area contributed by atoms with Crippen LogP contribution < -0.4 is 4.74 Å². The second-order valence-electron chi connectivity index (χ2n) is 4.36. The highest BCUT2D eigenvalue weighted by Gasteiger charge is 2.15. The summed E-state index contributed by atoms with van der Waals surface area (Å²) in [5.41, 5.74) is 2.50. The van der Waals surface area contributed by atoms with Crippen LogP contribution in [-0.2, 0) is 0 Å². The number of methoxy groups -OCH3 is 1. The van der Waals surface area contributed by atoms with Crippen LogP contribution in [0.2, 0.25) is 0 Å². The Morgan fingerprint density at radius 3 is 2.84 bits per heavy atom. The number of ether oxygens (including phenoxy) is 1. The molecule has 0 spiro atoms. The first kappa shape index (κ1) is 11.5. The van der Waals surface area contributed by atoms with Crippen molar-refractivity contribution in [1.29, 1.82) is 0 Å². The van der Waals surface area contributed by atoms with Gasteiger partial charge in [-0.25, -0.2) is 9.78 Å². The van der Waals surface area contributed by atoms with Crippen LogP contribution in [0.15, 0.2) is 24.4 Å². The molecule has 2 aromatic heterocycles. The maximum atomic E-state index is 11.1. The van der Waals surface area contributed by atoms with E-state index in [1.165, 1.54) is 0 Å². The minimum absolute atomic E-state index is 0.0798. The fraction of sp³-hybridized carbons (Fsp3) is 0.143. The van der Waals surface area contributed by atoms with Gasteiger partial charge in [0, 0.05) is 16.3 Å². The first-order valence-electron chi connectivity index (χ1n) is 5.80. The van der Waals surface area contributed by atoms with Crippen LogP contribution in [-0.4, -0.2) is 28.2 Å². The lowest BCUT2D eigenvalue weighted by Gasteiger charge is -2.02. The van der Waals surface area contributed by atoms with E-state index < -0.39 is 5.97 Å². The quantitative estimate of drug-likeness (QED) is 0.739. The first-order valence-corrected chi connectivity index (χ1v) is 5.80. The van der Waals surface area contributed by atoms with Gasteiger partial charge in [-0.3, -0.25) is 0 Å². The zero-order valence-electron chi connectivity index (χ0n) is 10.5. The molecule has 0 aliphatic rings. The zero-order chi connectivity index (χ0) is 13.6. The summed E-state index contributed by atoms with van der Waals surface area (Å²) in [6.45, 7) is 1.77. The van der Waals surface area contributed by atoms with Crippen molar-refractivity contribution < 1.29 is 14.6 Å². The molecular weight excluding hydrogens is 244 g/mol. The Balaban J connectivity index is 2.45. The van der Waals surface area contributed by atoms with Crippen molar-refractivity contribution in [2.75, 3.05) is 7.11 Å². The zero-order valence-corrected chi connectivity index (χ0v) is 10.5. The van der Waals surface area contributed by atoms with Gasteiger partial charge in [0.2, 0.25) is 0 Å². The molecule has 5 nitrogen and oxygen atoms in total. The van der Waals surface area contributed by atoms with Crippen LogP contribution in [0.25, 0.3) is 21.8 Å². The Morgan fingerprint density at radius 1 is 1.37 bits per heavy atom. The number of aryl methyl sites for hydroxylation is 1. The van der Waals surface area contributed by atoms with Gasteiger partial charge < -0.3 is 14.8 Å². The Bertz CT molecular complexity index is 805. The second kappa shape index (κ2) is 3.98. The predicted molar refractivity (Wildman–Crippen MR) is 71.8 cm³/mol. The third kappa shape index (κ3) is 1.62. The monoisotopic (exact) mass is 256 g/mol. The largest absolute Gasteiger partial charge is 0.497 e. The summed E-state index contributed by atoms with van der Waals surface area (Å²) in [5.74, 6) is -0.280. The standard InChI is InChI=1S/C14H12N2O3/c1-7-12-9-5-8(19-2)3-4-10(9)16-11(12)6-15-13(7)14(17)18/h3-6,16H,1-2H3,(H,17,18). The average Bonchev–Trinajstić information content (AvgIpc) is 2.76. The van der Waals surface area contributed by atoms with E-state index in [0.29, 0.717) is 5.56 Å². The number of nitrogens with one attached hydrogen (secondary N) is 1. The van der Waals surface area contributed by atoms with Crippen LogP contribution in [0.1, 0.15) is 16.1 Å². The number of aromatic carboxylic acids is 1. The third-order valence-electron chi connectivity index (χ3n) is 3.29. The SMILES string of the molecule is COc1ccc2[nH]c3cnc(C(=O)O)c(C)c3c2c1. The van der Waals surface area contributed by atoms with E-state index in [-0.39, 0.29) is 5.69 Å². The highest BCUT2D eigenvalue weighted by molar-refractivity contribution is 6.11. The lowest BCUT2D eigenvalue weighted by molar-refractivity contribution is 0.0690. The Kier molecular flexibility index (Phi) is 2.41. The molecule has 0 saturated carbocycles. The number of nitrogens with zero attached hydrogens (tertiary/aromatic N) is 1. The number of carbonyl (C=O) groups is 1. The molecule has 0 bridgehead atoms. The van der Waals surface area contributed by atoms with E-state index in [1.807, 2.05) is 18.2 Å². The van der Waals surface area contributed by atoms with Crippen molar-refractivity contribution >= 4 is 27.8 Å². The number of H-pyrrole nitrogens is 1. The summed E-state index contributed by atoms with van der Waals surface area (Å²) in [6, 6.07) is 5.67. The minimum atomic E-state index is -1.02.